The van der Waals surface area contributed by atoms with Gasteiger partial charge in [-0.2, -0.15) is 10.2 Å². The number of aromatic nitrogens is 4. The second-order valence-electron chi connectivity index (χ2n) is 6.53. The van der Waals surface area contributed by atoms with Crippen LogP contribution >= 0.6 is 23.2 Å². The van der Waals surface area contributed by atoms with Crippen LogP contribution in [0.2, 0.25) is 10.0 Å². The molecule has 0 aliphatic heterocycles. The average molecular weight is 442 g/mol. The Bertz CT molecular complexity index is 1200. The quantitative estimate of drug-likeness (QED) is 0.445. The third-order valence-corrected chi connectivity index (χ3v) is 5.15. The van der Waals surface area contributed by atoms with Crippen LogP contribution in [-0.4, -0.2) is 33.0 Å². The number of ether oxygens (including phenoxy) is 1. The number of methoxy groups -OCH3 is 1. The van der Waals surface area contributed by atoms with Crippen LogP contribution in [0.4, 0.5) is 5.69 Å². The van der Waals surface area contributed by atoms with Gasteiger partial charge in [0.05, 0.1) is 41.3 Å². The molecule has 0 saturated carbocycles. The summed E-state index contributed by atoms with van der Waals surface area (Å²) in [5.41, 5.74) is 3.35. The van der Waals surface area contributed by atoms with Crippen LogP contribution in [0.25, 0.3) is 11.3 Å². The third-order valence-electron chi connectivity index (χ3n) is 4.41. The molecule has 0 saturated heterocycles. The van der Waals surface area contributed by atoms with E-state index in [0.717, 1.165) is 16.9 Å². The zero-order valence-corrected chi connectivity index (χ0v) is 17.4. The van der Waals surface area contributed by atoms with Crippen molar-refractivity contribution in [3.63, 3.8) is 0 Å². The Labute approximate surface area is 182 Å². The van der Waals surface area contributed by atoms with E-state index in [2.05, 4.69) is 20.6 Å². The van der Waals surface area contributed by atoms with Crippen molar-refractivity contribution in [3.05, 3.63) is 82.2 Å². The number of rotatable bonds is 6. The standard InChI is InChI=1S/C21H17Cl2N5O2/c1-30-16-4-2-3-14(8-16)19-9-20(27-26-19)21(29)25-15-10-24-28(12-15)11-13-5-6-17(22)18(23)7-13/h2-10,12H,11H2,1H3,(H,25,29)(H,26,27). The molecule has 0 radical (unpaired) electrons. The summed E-state index contributed by atoms with van der Waals surface area (Å²) in [6, 6.07) is 14.5. The number of benzene rings is 2. The Morgan fingerprint density at radius 2 is 2.03 bits per heavy atom. The summed E-state index contributed by atoms with van der Waals surface area (Å²) >= 11 is 12.0. The van der Waals surface area contributed by atoms with Gasteiger partial charge in [-0.15, -0.1) is 0 Å². The lowest BCUT2D eigenvalue weighted by molar-refractivity contribution is 0.102. The van der Waals surface area contributed by atoms with E-state index < -0.39 is 0 Å². The molecule has 0 unspecified atom stereocenters. The fraction of sp³-hybridized carbons (Fsp3) is 0.0952. The smallest absolute Gasteiger partial charge is 0.273 e. The monoisotopic (exact) mass is 441 g/mol. The van der Waals surface area contributed by atoms with Crippen molar-refractivity contribution < 1.29 is 9.53 Å². The maximum absolute atomic E-state index is 12.6. The summed E-state index contributed by atoms with van der Waals surface area (Å²) in [5.74, 6) is 0.404. The van der Waals surface area contributed by atoms with Crippen molar-refractivity contribution in [2.24, 2.45) is 0 Å². The number of carbonyl (C=O) groups excluding carboxylic acids is 1. The topological polar surface area (TPSA) is 84.8 Å². The van der Waals surface area contributed by atoms with Crippen molar-refractivity contribution in [1.29, 1.82) is 0 Å². The van der Waals surface area contributed by atoms with Crippen LogP contribution in [0.3, 0.4) is 0 Å². The Hall–Kier alpha value is -3.29. The van der Waals surface area contributed by atoms with Gasteiger partial charge in [0.2, 0.25) is 0 Å². The van der Waals surface area contributed by atoms with Crippen LogP contribution in [0.5, 0.6) is 5.75 Å². The van der Waals surface area contributed by atoms with Gasteiger partial charge in [-0.1, -0.05) is 41.4 Å². The first-order valence-corrected chi connectivity index (χ1v) is 9.75. The second-order valence-corrected chi connectivity index (χ2v) is 7.34. The van der Waals surface area contributed by atoms with Crippen LogP contribution in [0.1, 0.15) is 16.1 Å². The first kappa shape index (κ1) is 20.0. The van der Waals surface area contributed by atoms with Crippen LogP contribution in [0, 0.1) is 0 Å². The minimum absolute atomic E-state index is 0.314. The largest absolute Gasteiger partial charge is 0.497 e. The van der Waals surface area contributed by atoms with Gasteiger partial charge in [0.25, 0.3) is 5.91 Å². The number of hydrogen-bond acceptors (Lipinski definition) is 4. The van der Waals surface area contributed by atoms with Crippen LogP contribution < -0.4 is 10.1 Å². The highest BCUT2D eigenvalue weighted by Crippen LogP contribution is 2.24. The summed E-state index contributed by atoms with van der Waals surface area (Å²) in [6.07, 6.45) is 3.31. The van der Waals surface area contributed by atoms with Crippen molar-refractivity contribution in [1.82, 2.24) is 20.0 Å². The first-order chi connectivity index (χ1) is 14.5. The first-order valence-electron chi connectivity index (χ1n) is 8.99. The lowest BCUT2D eigenvalue weighted by atomic mass is 10.1. The molecule has 30 heavy (non-hydrogen) atoms. The van der Waals surface area contributed by atoms with Crippen molar-refractivity contribution in [2.75, 3.05) is 12.4 Å². The highest BCUT2D eigenvalue weighted by atomic mass is 35.5. The number of halogens is 2. The number of aromatic amines is 1. The lowest BCUT2D eigenvalue weighted by Crippen LogP contribution is -2.11. The zero-order valence-electron chi connectivity index (χ0n) is 15.9. The van der Waals surface area contributed by atoms with Gasteiger partial charge in [0.1, 0.15) is 11.4 Å². The number of carbonyl (C=O) groups is 1. The minimum Gasteiger partial charge on any atom is -0.497 e. The molecule has 0 spiro atoms. The van der Waals surface area contributed by atoms with E-state index in [1.165, 1.54) is 0 Å². The van der Waals surface area contributed by atoms with Crippen molar-refractivity contribution >= 4 is 34.8 Å². The van der Waals surface area contributed by atoms with E-state index in [0.29, 0.717) is 33.7 Å². The number of amides is 1. The molecule has 2 aromatic heterocycles. The number of hydrogen-bond donors (Lipinski definition) is 2. The predicted octanol–water partition coefficient (Wildman–Crippen LogP) is 4.89. The normalized spacial score (nSPS) is 10.8. The fourth-order valence-corrected chi connectivity index (χ4v) is 3.23. The van der Waals surface area contributed by atoms with Gasteiger partial charge in [-0.3, -0.25) is 14.6 Å². The van der Waals surface area contributed by atoms with Gasteiger partial charge in [-0.25, -0.2) is 0 Å². The van der Waals surface area contributed by atoms with Gasteiger partial charge in [0.15, 0.2) is 0 Å². The van der Waals surface area contributed by atoms with E-state index in [1.807, 2.05) is 30.3 Å². The van der Waals surface area contributed by atoms with Gasteiger partial charge in [-0.05, 0) is 35.9 Å². The van der Waals surface area contributed by atoms with Gasteiger partial charge in [0, 0.05) is 11.8 Å². The molecule has 152 valence electrons. The molecule has 7 nitrogen and oxygen atoms in total. The van der Waals surface area contributed by atoms with Gasteiger partial charge >= 0.3 is 0 Å². The number of H-pyrrole nitrogens is 1. The predicted molar refractivity (Wildman–Crippen MR) is 116 cm³/mol. The summed E-state index contributed by atoms with van der Waals surface area (Å²) in [7, 11) is 1.60. The highest BCUT2D eigenvalue weighted by molar-refractivity contribution is 6.42. The molecule has 1 amide bonds. The number of anilines is 1. The third kappa shape index (κ3) is 4.48. The maximum atomic E-state index is 12.6. The molecule has 9 heteroatoms. The molecule has 0 fully saturated rings. The Balaban J connectivity index is 1.43. The van der Waals surface area contributed by atoms with Crippen LogP contribution in [0.15, 0.2) is 60.9 Å². The second kappa shape index (κ2) is 8.61. The average Bonchev–Trinajstić information content (AvgIpc) is 3.41. The molecule has 0 bridgehead atoms. The van der Waals surface area contributed by atoms with Gasteiger partial charge < -0.3 is 10.1 Å². The van der Waals surface area contributed by atoms with E-state index in [9.17, 15) is 4.79 Å². The summed E-state index contributed by atoms with van der Waals surface area (Å²) in [6.45, 7) is 0.497. The Kier molecular flexibility index (Phi) is 5.74. The molecule has 2 heterocycles. The molecular weight excluding hydrogens is 425 g/mol. The maximum Gasteiger partial charge on any atom is 0.273 e. The Morgan fingerprint density at radius 3 is 2.83 bits per heavy atom. The molecule has 2 N–H and O–H groups in total. The molecule has 4 aromatic rings. The lowest BCUT2D eigenvalue weighted by Gasteiger charge is -2.03. The van der Waals surface area contributed by atoms with Crippen LogP contribution in [-0.2, 0) is 6.54 Å². The highest BCUT2D eigenvalue weighted by Gasteiger charge is 2.13. The van der Waals surface area contributed by atoms with E-state index in [-0.39, 0.29) is 5.91 Å². The SMILES string of the molecule is COc1cccc(-c2cc(C(=O)Nc3cnn(Cc4ccc(Cl)c(Cl)c4)c3)[nH]n2)c1. The summed E-state index contributed by atoms with van der Waals surface area (Å²) < 4.78 is 6.92. The Morgan fingerprint density at radius 1 is 1.17 bits per heavy atom. The molecule has 0 aliphatic carbocycles. The summed E-state index contributed by atoms with van der Waals surface area (Å²) in [4.78, 5) is 12.6. The molecule has 0 atom stereocenters. The zero-order chi connectivity index (χ0) is 21.1. The molecular formula is C21H17Cl2N5O2. The fourth-order valence-electron chi connectivity index (χ4n) is 2.91. The molecule has 0 aliphatic rings. The molecule has 4 rings (SSSR count). The minimum atomic E-state index is -0.314. The van der Waals surface area contributed by atoms with Crippen molar-refractivity contribution in [2.45, 2.75) is 6.54 Å². The summed E-state index contributed by atoms with van der Waals surface area (Å²) in [5, 5.41) is 15.0. The van der Waals surface area contributed by atoms with Crippen molar-refractivity contribution in [3.8, 4) is 17.0 Å². The number of nitrogens with one attached hydrogen (secondary N) is 2. The number of nitrogens with zero attached hydrogens (tertiary/aromatic N) is 3. The van der Waals surface area contributed by atoms with E-state index >= 15 is 0 Å². The van der Waals surface area contributed by atoms with E-state index in [1.54, 1.807) is 42.4 Å². The molecule has 2 aromatic carbocycles. The van der Waals surface area contributed by atoms with E-state index in [4.69, 9.17) is 27.9 Å².